The van der Waals surface area contributed by atoms with Gasteiger partial charge < -0.3 is 9.80 Å². The molecule has 0 atom stereocenters. The first kappa shape index (κ1) is 9.36. The van der Waals surface area contributed by atoms with Crippen molar-refractivity contribution < 1.29 is 4.79 Å². The van der Waals surface area contributed by atoms with Crippen molar-refractivity contribution >= 4 is 6.03 Å². The molecule has 1 rings (SSSR count). The van der Waals surface area contributed by atoms with Gasteiger partial charge in [0, 0.05) is 27.2 Å². The van der Waals surface area contributed by atoms with Crippen LogP contribution in [0.2, 0.25) is 0 Å². The molecule has 0 bridgehead atoms. The van der Waals surface area contributed by atoms with E-state index in [2.05, 4.69) is 0 Å². The van der Waals surface area contributed by atoms with Crippen molar-refractivity contribution in [1.29, 1.82) is 0 Å². The molecule has 1 heterocycles. The molecule has 70 valence electrons. The van der Waals surface area contributed by atoms with Crippen molar-refractivity contribution in [2.75, 3.05) is 27.2 Å². The Morgan fingerprint density at radius 1 is 1.08 bits per heavy atom. The Morgan fingerprint density at radius 2 is 1.58 bits per heavy atom. The highest BCUT2D eigenvalue weighted by molar-refractivity contribution is 5.73. The molecule has 3 nitrogen and oxygen atoms in total. The van der Waals surface area contributed by atoms with Crippen LogP contribution in [0.3, 0.4) is 0 Å². The average molecular weight is 170 g/mol. The van der Waals surface area contributed by atoms with Crippen LogP contribution in [-0.2, 0) is 0 Å². The lowest BCUT2D eigenvalue weighted by molar-refractivity contribution is 0.173. The number of hydrogen-bond donors (Lipinski definition) is 0. The van der Waals surface area contributed by atoms with Gasteiger partial charge in [-0.1, -0.05) is 12.8 Å². The summed E-state index contributed by atoms with van der Waals surface area (Å²) in [6.45, 7) is 1.88. The highest BCUT2D eigenvalue weighted by Crippen LogP contribution is 2.10. The third-order valence-corrected chi connectivity index (χ3v) is 2.26. The second-order valence-electron chi connectivity index (χ2n) is 3.58. The topological polar surface area (TPSA) is 23.6 Å². The second kappa shape index (κ2) is 4.33. The van der Waals surface area contributed by atoms with Crippen molar-refractivity contribution in [3.63, 3.8) is 0 Å². The van der Waals surface area contributed by atoms with Crippen LogP contribution in [0.25, 0.3) is 0 Å². The predicted octanol–water partition coefficient (Wildman–Crippen LogP) is 1.54. The van der Waals surface area contributed by atoms with E-state index in [9.17, 15) is 4.79 Å². The average Bonchev–Trinajstić information content (AvgIpc) is 2.30. The minimum atomic E-state index is 0.164. The zero-order chi connectivity index (χ0) is 8.97. The Balaban J connectivity index is 2.43. The van der Waals surface area contributed by atoms with Gasteiger partial charge in [0.2, 0.25) is 0 Å². The van der Waals surface area contributed by atoms with Crippen molar-refractivity contribution in [3.05, 3.63) is 0 Å². The molecule has 0 N–H and O–H groups in total. The van der Waals surface area contributed by atoms with Crippen molar-refractivity contribution in [2.24, 2.45) is 0 Å². The molecule has 0 aromatic heterocycles. The first-order valence-corrected chi connectivity index (χ1v) is 4.68. The number of amides is 2. The number of carbonyl (C=O) groups excluding carboxylic acids is 1. The van der Waals surface area contributed by atoms with E-state index in [4.69, 9.17) is 0 Å². The zero-order valence-electron chi connectivity index (χ0n) is 8.05. The van der Waals surface area contributed by atoms with Gasteiger partial charge in [0.25, 0.3) is 0 Å². The largest absolute Gasteiger partial charge is 0.331 e. The Kier molecular flexibility index (Phi) is 3.38. The van der Waals surface area contributed by atoms with Crippen molar-refractivity contribution in [1.82, 2.24) is 9.80 Å². The van der Waals surface area contributed by atoms with Crippen LogP contribution in [0, 0.1) is 0 Å². The van der Waals surface area contributed by atoms with Crippen LogP contribution in [0.15, 0.2) is 0 Å². The molecule has 3 heteroatoms. The first-order chi connectivity index (χ1) is 5.72. The van der Waals surface area contributed by atoms with Gasteiger partial charge in [0.1, 0.15) is 0 Å². The standard InChI is InChI=1S/C9H18N2O/c1-10(2)9(12)11-7-5-3-4-6-8-11/h3-8H2,1-2H3. The number of nitrogens with zero attached hydrogens (tertiary/aromatic N) is 2. The van der Waals surface area contributed by atoms with Crippen molar-refractivity contribution in [2.45, 2.75) is 25.7 Å². The first-order valence-electron chi connectivity index (χ1n) is 4.68. The van der Waals surface area contributed by atoms with E-state index in [1.165, 1.54) is 25.7 Å². The van der Waals surface area contributed by atoms with Crippen LogP contribution >= 0.6 is 0 Å². The summed E-state index contributed by atoms with van der Waals surface area (Å²) in [5, 5.41) is 0. The summed E-state index contributed by atoms with van der Waals surface area (Å²) in [7, 11) is 3.63. The Hall–Kier alpha value is -0.730. The van der Waals surface area contributed by atoms with Gasteiger partial charge in [0.15, 0.2) is 0 Å². The lowest BCUT2D eigenvalue weighted by atomic mass is 10.2. The van der Waals surface area contributed by atoms with Gasteiger partial charge in [-0.15, -0.1) is 0 Å². The summed E-state index contributed by atoms with van der Waals surface area (Å²) in [6, 6.07) is 0.164. The number of hydrogen-bond acceptors (Lipinski definition) is 1. The van der Waals surface area contributed by atoms with E-state index in [1.54, 1.807) is 4.90 Å². The molecule has 1 aliphatic heterocycles. The third-order valence-electron chi connectivity index (χ3n) is 2.26. The van der Waals surface area contributed by atoms with Crippen LogP contribution in [0.4, 0.5) is 4.79 Å². The maximum Gasteiger partial charge on any atom is 0.319 e. The molecule has 1 saturated heterocycles. The monoisotopic (exact) mass is 170 g/mol. The summed E-state index contributed by atoms with van der Waals surface area (Å²) >= 11 is 0. The normalized spacial score (nSPS) is 18.7. The van der Waals surface area contributed by atoms with Crippen LogP contribution in [0.5, 0.6) is 0 Å². The molecular formula is C9H18N2O. The molecule has 1 aliphatic rings. The fourth-order valence-corrected chi connectivity index (χ4v) is 1.54. The molecule has 2 amide bonds. The number of urea groups is 1. The number of likely N-dealkylation sites (tertiary alicyclic amines) is 1. The van der Waals surface area contributed by atoms with E-state index < -0.39 is 0 Å². The lowest BCUT2D eigenvalue weighted by Gasteiger charge is -2.24. The van der Waals surface area contributed by atoms with E-state index in [0.717, 1.165) is 13.1 Å². The summed E-state index contributed by atoms with van der Waals surface area (Å²) in [5.74, 6) is 0. The molecule has 1 fully saturated rings. The highest BCUT2D eigenvalue weighted by atomic mass is 16.2. The second-order valence-corrected chi connectivity index (χ2v) is 3.58. The number of rotatable bonds is 0. The molecule has 0 saturated carbocycles. The zero-order valence-corrected chi connectivity index (χ0v) is 8.05. The fraction of sp³-hybridized carbons (Fsp3) is 0.889. The molecular weight excluding hydrogens is 152 g/mol. The SMILES string of the molecule is CN(C)C(=O)N1CCCCCC1. The summed E-state index contributed by atoms with van der Waals surface area (Å²) < 4.78 is 0. The predicted molar refractivity (Wildman–Crippen MR) is 49.1 cm³/mol. The summed E-state index contributed by atoms with van der Waals surface area (Å²) in [5.41, 5.74) is 0. The summed E-state index contributed by atoms with van der Waals surface area (Å²) in [4.78, 5) is 15.1. The molecule has 0 aromatic rings. The molecule has 0 aliphatic carbocycles. The highest BCUT2D eigenvalue weighted by Gasteiger charge is 2.16. The van der Waals surface area contributed by atoms with Gasteiger partial charge in [0.05, 0.1) is 0 Å². The van der Waals surface area contributed by atoms with E-state index >= 15 is 0 Å². The number of carbonyl (C=O) groups is 1. The Labute approximate surface area is 74.3 Å². The van der Waals surface area contributed by atoms with E-state index in [-0.39, 0.29) is 6.03 Å². The van der Waals surface area contributed by atoms with Crippen LogP contribution in [0.1, 0.15) is 25.7 Å². The van der Waals surface area contributed by atoms with Crippen LogP contribution < -0.4 is 0 Å². The van der Waals surface area contributed by atoms with Gasteiger partial charge in [-0.25, -0.2) is 4.79 Å². The molecule has 0 aromatic carbocycles. The minimum absolute atomic E-state index is 0.164. The van der Waals surface area contributed by atoms with Gasteiger partial charge in [-0.2, -0.15) is 0 Å². The maximum atomic E-state index is 11.5. The van der Waals surface area contributed by atoms with Gasteiger partial charge in [-0.3, -0.25) is 0 Å². The fourth-order valence-electron chi connectivity index (χ4n) is 1.54. The summed E-state index contributed by atoms with van der Waals surface area (Å²) in [6.07, 6.45) is 4.88. The molecule has 0 unspecified atom stereocenters. The third kappa shape index (κ3) is 2.40. The Morgan fingerprint density at radius 3 is 2.00 bits per heavy atom. The van der Waals surface area contributed by atoms with Crippen molar-refractivity contribution in [3.8, 4) is 0 Å². The Bertz CT molecular complexity index is 149. The minimum Gasteiger partial charge on any atom is -0.331 e. The quantitative estimate of drug-likeness (QED) is 0.541. The van der Waals surface area contributed by atoms with Gasteiger partial charge >= 0.3 is 6.03 Å². The maximum absolute atomic E-state index is 11.5. The smallest absolute Gasteiger partial charge is 0.319 e. The lowest BCUT2D eigenvalue weighted by Crippen LogP contribution is -2.39. The molecule has 12 heavy (non-hydrogen) atoms. The van der Waals surface area contributed by atoms with E-state index in [1.807, 2.05) is 19.0 Å². The molecule has 0 spiro atoms. The van der Waals surface area contributed by atoms with Gasteiger partial charge in [-0.05, 0) is 12.8 Å². The van der Waals surface area contributed by atoms with E-state index in [0.29, 0.717) is 0 Å². The van der Waals surface area contributed by atoms with Crippen LogP contribution in [-0.4, -0.2) is 43.0 Å². The molecule has 0 radical (unpaired) electrons.